The van der Waals surface area contributed by atoms with Crippen molar-refractivity contribution in [1.29, 1.82) is 0 Å². The van der Waals surface area contributed by atoms with Crippen molar-refractivity contribution in [3.8, 4) is 5.75 Å². The first-order valence-electron chi connectivity index (χ1n) is 6.79. The Bertz CT molecular complexity index is 433. The van der Waals surface area contributed by atoms with Gasteiger partial charge in [-0.15, -0.1) is 0 Å². The van der Waals surface area contributed by atoms with E-state index in [2.05, 4.69) is 5.32 Å². The molecule has 112 valence electrons. The Morgan fingerprint density at radius 1 is 1.45 bits per heavy atom. The molecule has 1 atom stereocenters. The van der Waals surface area contributed by atoms with Gasteiger partial charge < -0.3 is 20.5 Å². The molecule has 0 spiro atoms. The highest BCUT2D eigenvalue weighted by atomic mass is 16.5. The molecule has 0 heterocycles. The van der Waals surface area contributed by atoms with E-state index in [-0.39, 0.29) is 18.6 Å². The van der Waals surface area contributed by atoms with E-state index < -0.39 is 0 Å². The van der Waals surface area contributed by atoms with Crippen LogP contribution < -0.4 is 15.8 Å². The first-order valence-corrected chi connectivity index (χ1v) is 6.79. The lowest BCUT2D eigenvalue weighted by Crippen LogP contribution is -2.30. The number of aryl methyl sites for hydroxylation is 1. The van der Waals surface area contributed by atoms with E-state index >= 15 is 0 Å². The standard InChI is InChI=1S/C15H24N2O3/c1-11-9-13(12(2)16)5-6-14(11)20-10-15(18)17-7-4-8-19-3/h5-6,9,12H,4,7-8,10,16H2,1-3H3,(H,17,18). The van der Waals surface area contributed by atoms with Crippen LogP contribution in [0.5, 0.6) is 5.75 Å². The summed E-state index contributed by atoms with van der Waals surface area (Å²) in [6.45, 7) is 5.13. The summed E-state index contributed by atoms with van der Waals surface area (Å²) in [7, 11) is 1.64. The molecule has 0 fully saturated rings. The van der Waals surface area contributed by atoms with Crippen molar-refractivity contribution in [1.82, 2.24) is 5.32 Å². The predicted molar refractivity (Wildman–Crippen MR) is 78.8 cm³/mol. The SMILES string of the molecule is COCCCNC(=O)COc1ccc(C(C)N)cc1C. The lowest BCUT2D eigenvalue weighted by molar-refractivity contribution is -0.123. The maximum Gasteiger partial charge on any atom is 0.257 e. The number of carbonyl (C=O) groups is 1. The number of benzene rings is 1. The number of amides is 1. The third-order valence-corrected chi connectivity index (χ3v) is 2.93. The number of methoxy groups -OCH3 is 1. The zero-order valence-corrected chi connectivity index (χ0v) is 12.4. The molecular weight excluding hydrogens is 256 g/mol. The van der Waals surface area contributed by atoms with Gasteiger partial charge in [0.1, 0.15) is 5.75 Å². The molecule has 1 aromatic carbocycles. The number of nitrogens with two attached hydrogens (primary N) is 1. The second kappa shape index (κ2) is 8.55. The maximum atomic E-state index is 11.6. The molecule has 5 nitrogen and oxygen atoms in total. The van der Waals surface area contributed by atoms with Crippen molar-refractivity contribution < 1.29 is 14.3 Å². The molecule has 0 aliphatic heterocycles. The molecule has 3 N–H and O–H groups in total. The second-order valence-electron chi connectivity index (χ2n) is 4.80. The van der Waals surface area contributed by atoms with Gasteiger partial charge in [-0.2, -0.15) is 0 Å². The Labute approximate surface area is 120 Å². The Morgan fingerprint density at radius 2 is 2.20 bits per heavy atom. The third-order valence-electron chi connectivity index (χ3n) is 2.93. The summed E-state index contributed by atoms with van der Waals surface area (Å²) in [5, 5.41) is 2.77. The molecule has 0 saturated carbocycles. The van der Waals surface area contributed by atoms with E-state index in [0.29, 0.717) is 18.9 Å². The third kappa shape index (κ3) is 5.59. The fraction of sp³-hybridized carbons (Fsp3) is 0.533. The minimum Gasteiger partial charge on any atom is -0.484 e. The molecule has 20 heavy (non-hydrogen) atoms. The minimum atomic E-state index is -0.128. The van der Waals surface area contributed by atoms with Crippen LogP contribution in [0.25, 0.3) is 0 Å². The minimum absolute atomic E-state index is 0.00756. The van der Waals surface area contributed by atoms with Crippen molar-refractivity contribution in [2.24, 2.45) is 5.73 Å². The number of carbonyl (C=O) groups excluding carboxylic acids is 1. The zero-order valence-electron chi connectivity index (χ0n) is 12.4. The summed E-state index contributed by atoms with van der Waals surface area (Å²) in [6.07, 6.45) is 0.796. The van der Waals surface area contributed by atoms with Gasteiger partial charge in [-0.1, -0.05) is 12.1 Å². The van der Waals surface area contributed by atoms with Crippen LogP contribution in [0.4, 0.5) is 0 Å². The predicted octanol–water partition coefficient (Wildman–Crippen LogP) is 1.55. The fourth-order valence-electron chi connectivity index (χ4n) is 1.76. The first-order chi connectivity index (χ1) is 9.54. The van der Waals surface area contributed by atoms with Crippen LogP contribution in [0.1, 0.15) is 30.5 Å². The normalized spacial score (nSPS) is 12.0. The maximum absolute atomic E-state index is 11.6. The molecule has 1 rings (SSSR count). The molecular formula is C15H24N2O3. The number of hydrogen-bond donors (Lipinski definition) is 2. The summed E-state index contributed by atoms with van der Waals surface area (Å²) in [4.78, 5) is 11.6. The fourth-order valence-corrected chi connectivity index (χ4v) is 1.76. The molecule has 0 radical (unpaired) electrons. The molecule has 0 aliphatic carbocycles. The van der Waals surface area contributed by atoms with Crippen molar-refractivity contribution >= 4 is 5.91 Å². The van der Waals surface area contributed by atoms with E-state index in [1.54, 1.807) is 7.11 Å². The van der Waals surface area contributed by atoms with Gasteiger partial charge in [0.2, 0.25) is 0 Å². The smallest absolute Gasteiger partial charge is 0.257 e. The summed E-state index contributed by atoms with van der Waals surface area (Å²) in [6, 6.07) is 5.75. The lowest BCUT2D eigenvalue weighted by Gasteiger charge is -2.12. The van der Waals surface area contributed by atoms with Crippen LogP contribution in [-0.2, 0) is 9.53 Å². The number of ether oxygens (including phenoxy) is 2. The van der Waals surface area contributed by atoms with Crippen molar-refractivity contribution in [2.45, 2.75) is 26.3 Å². The molecule has 0 saturated heterocycles. The highest BCUT2D eigenvalue weighted by molar-refractivity contribution is 5.77. The first kappa shape index (κ1) is 16.5. The number of rotatable bonds is 8. The largest absolute Gasteiger partial charge is 0.484 e. The van der Waals surface area contributed by atoms with E-state index in [4.69, 9.17) is 15.2 Å². The van der Waals surface area contributed by atoms with Crippen LogP contribution in [0.3, 0.4) is 0 Å². The van der Waals surface area contributed by atoms with Crippen LogP contribution in [-0.4, -0.2) is 32.8 Å². The van der Waals surface area contributed by atoms with Gasteiger partial charge in [0, 0.05) is 26.3 Å². The van der Waals surface area contributed by atoms with Gasteiger partial charge in [-0.05, 0) is 37.5 Å². The van der Waals surface area contributed by atoms with Crippen LogP contribution in [0.2, 0.25) is 0 Å². The molecule has 0 aliphatic rings. The summed E-state index contributed by atoms with van der Waals surface area (Å²) < 4.78 is 10.4. The molecule has 1 unspecified atom stereocenters. The topological polar surface area (TPSA) is 73.6 Å². The quantitative estimate of drug-likeness (QED) is 0.709. The van der Waals surface area contributed by atoms with Crippen molar-refractivity contribution in [2.75, 3.05) is 26.9 Å². The Balaban J connectivity index is 2.39. The van der Waals surface area contributed by atoms with Gasteiger partial charge in [-0.3, -0.25) is 4.79 Å². The van der Waals surface area contributed by atoms with Crippen LogP contribution >= 0.6 is 0 Å². The molecule has 1 amide bonds. The average Bonchev–Trinajstić information content (AvgIpc) is 2.42. The Hall–Kier alpha value is -1.59. The lowest BCUT2D eigenvalue weighted by atomic mass is 10.1. The van der Waals surface area contributed by atoms with E-state index in [1.165, 1.54) is 0 Å². The number of nitrogens with one attached hydrogen (secondary N) is 1. The average molecular weight is 280 g/mol. The van der Waals surface area contributed by atoms with Crippen molar-refractivity contribution in [3.63, 3.8) is 0 Å². The second-order valence-corrected chi connectivity index (χ2v) is 4.80. The van der Waals surface area contributed by atoms with Gasteiger partial charge in [0.15, 0.2) is 6.61 Å². The van der Waals surface area contributed by atoms with Crippen LogP contribution in [0.15, 0.2) is 18.2 Å². The van der Waals surface area contributed by atoms with Crippen molar-refractivity contribution in [3.05, 3.63) is 29.3 Å². The van der Waals surface area contributed by atoms with Gasteiger partial charge in [0.25, 0.3) is 5.91 Å². The van der Waals surface area contributed by atoms with Gasteiger partial charge >= 0.3 is 0 Å². The Kier molecular flexibility index (Phi) is 7.04. The van der Waals surface area contributed by atoms with Gasteiger partial charge in [-0.25, -0.2) is 0 Å². The monoisotopic (exact) mass is 280 g/mol. The zero-order chi connectivity index (χ0) is 15.0. The Morgan fingerprint density at radius 3 is 2.80 bits per heavy atom. The molecule has 1 aromatic rings. The summed E-state index contributed by atoms with van der Waals surface area (Å²) in [5.74, 6) is 0.582. The van der Waals surface area contributed by atoms with E-state index in [0.717, 1.165) is 17.5 Å². The highest BCUT2D eigenvalue weighted by Gasteiger charge is 2.06. The summed E-state index contributed by atoms with van der Waals surface area (Å²) >= 11 is 0. The van der Waals surface area contributed by atoms with Crippen LogP contribution in [0, 0.1) is 6.92 Å². The molecule has 0 bridgehead atoms. The van der Waals surface area contributed by atoms with E-state index in [1.807, 2.05) is 32.0 Å². The van der Waals surface area contributed by atoms with Gasteiger partial charge in [0.05, 0.1) is 0 Å². The molecule has 5 heteroatoms. The highest BCUT2D eigenvalue weighted by Crippen LogP contribution is 2.21. The molecule has 0 aromatic heterocycles. The van der Waals surface area contributed by atoms with E-state index in [9.17, 15) is 4.79 Å². The number of hydrogen-bond acceptors (Lipinski definition) is 4. The summed E-state index contributed by atoms with van der Waals surface area (Å²) in [5.41, 5.74) is 7.85.